The molecule has 3 aromatic rings. The van der Waals surface area contributed by atoms with E-state index in [1.165, 1.54) is 17.4 Å². The Bertz CT molecular complexity index is 1040. The van der Waals surface area contributed by atoms with Gasteiger partial charge in [-0.15, -0.1) is 11.3 Å². The third-order valence-electron chi connectivity index (χ3n) is 4.01. The van der Waals surface area contributed by atoms with E-state index in [4.69, 9.17) is 9.47 Å². The second kappa shape index (κ2) is 6.96. The monoisotopic (exact) mass is 388 g/mol. The molecule has 0 spiro atoms. The molecule has 5 nitrogen and oxygen atoms in total. The summed E-state index contributed by atoms with van der Waals surface area (Å²) in [6, 6.07) is 8.52. The van der Waals surface area contributed by atoms with E-state index in [0.29, 0.717) is 46.7 Å². The van der Waals surface area contributed by atoms with Crippen LogP contribution in [0.25, 0.3) is 11.3 Å². The van der Waals surface area contributed by atoms with E-state index in [9.17, 15) is 13.6 Å². The highest BCUT2D eigenvalue weighted by Gasteiger charge is 2.17. The predicted octanol–water partition coefficient (Wildman–Crippen LogP) is 4.42. The molecule has 138 valence electrons. The van der Waals surface area contributed by atoms with Crippen LogP contribution in [-0.4, -0.2) is 24.1 Å². The number of aryl methyl sites for hydroxylation is 1. The third-order valence-corrected chi connectivity index (χ3v) is 4.90. The van der Waals surface area contributed by atoms with E-state index in [2.05, 4.69) is 10.3 Å². The largest absolute Gasteiger partial charge is 0.486 e. The first kappa shape index (κ1) is 17.4. The summed E-state index contributed by atoms with van der Waals surface area (Å²) < 4.78 is 37.5. The molecule has 0 atom stereocenters. The van der Waals surface area contributed by atoms with Crippen LogP contribution in [0.5, 0.6) is 11.5 Å². The summed E-state index contributed by atoms with van der Waals surface area (Å²) in [5, 5.41) is 3.09. The molecule has 0 saturated carbocycles. The second-order valence-electron chi connectivity index (χ2n) is 5.87. The fourth-order valence-corrected chi connectivity index (χ4v) is 3.55. The van der Waals surface area contributed by atoms with Crippen LogP contribution in [0.2, 0.25) is 0 Å². The average molecular weight is 388 g/mol. The van der Waals surface area contributed by atoms with Crippen molar-refractivity contribution in [2.24, 2.45) is 0 Å². The summed E-state index contributed by atoms with van der Waals surface area (Å²) in [5.74, 6) is -1.09. The number of aromatic nitrogens is 1. The zero-order chi connectivity index (χ0) is 19.0. The minimum Gasteiger partial charge on any atom is -0.486 e. The van der Waals surface area contributed by atoms with Crippen molar-refractivity contribution >= 4 is 22.4 Å². The molecule has 4 rings (SSSR count). The summed E-state index contributed by atoms with van der Waals surface area (Å²) in [4.78, 5) is 17.6. The van der Waals surface area contributed by atoms with Gasteiger partial charge in [-0.05, 0) is 43.3 Å². The van der Waals surface area contributed by atoms with Crippen LogP contribution in [-0.2, 0) is 0 Å². The zero-order valence-electron chi connectivity index (χ0n) is 14.2. The number of carbonyl (C=O) groups is 1. The Hall–Kier alpha value is -3.00. The lowest BCUT2D eigenvalue weighted by Gasteiger charge is -2.18. The van der Waals surface area contributed by atoms with Gasteiger partial charge in [0.15, 0.2) is 28.3 Å². The molecular weight excluding hydrogens is 374 g/mol. The molecule has 0 fully saturated rings. The van der Waals surface area contributed by atoms with Crippen LogP contribution in [0.15, 0.2) is 36.4 Å². The molecule has 0 saturated heterocycles. The number of ether oxygens (including phenoxy) is 2. The van der Waals surface area contributed by atoms with E-state index < -0.39 is 11.6 Å². The van der Waals surface area contributed by atoms with Crippen LogP contribution in [0.3, 0.4) is 0 Å². The number of hydrogen-bond donors (Lipinski definition) is 1. The van der Waals surface area contributed by atoms with E-state index >= 15 is 0 Å². The Morgan fingerprint density at radius 2 is 1.85 bits per heavy atom. The van der Waals surface area contributed by atoms with Crippen molar-refractivity contribution in [3.05, 3.63) is 58.5 Å². The van der Waals surface area contributed by atoms with Gasteiger partial charge >= 0.3 is 0 Å². The normalized spacial score (nSPS) is 12.7. The summed E-state index contributed by atoms with van der Waals surface area (Å²) in [6.07, 6.45) is 0. The van der Waals surface area contributed by atoms with Crippen molar-refractivity contribution in [3.8, 4) is 22.8 Å². The smallest absolute Gasteiger partial charge is 0.257 e. The Labute approximate surface area is 157 Å². The lowest BCUT2D eigenvalue weighted by molar-refractivity contribution is 0.102. The lowest BCUT2D eigenvalue weighted by atomic mass is 10.1. The third kappa shape index (κ3) is 3.48. The Kier molecular flexibility index (Phi) is 4.49. The van der Waals surface area contributed by atoms with Gasteiger partial charge in [-0.25, -0.2) is 13.8 Å². The lowest BCUT2D eigenvalue weighted by Crippen LogP contribution is -2.17. The molecule has 0 bridgehead atoms. The molecule has 0 radical (unpaired) electrons. The zero-order valence-corrected chi connectivity index (χ0v) is 15.0. The molecular formula is C19H14F2N2O3S. The van der Waals surface area contributed by atoms with Crippen molar-refractivity contribution < 1.29 is 23.0 Å². The van der Waals surface area contributed by atoms with Gasteiger partial charge in [-0.2, -0.15) is 0 Å². The fraction of sp³-hybridized carbons (Fsp3) is 0.158. The van der Waals surface area contributed by atoms with E-state index in [-0.39, 0.29) is 5.91 Å². The van der Waals surface area contributed by atoms with Gasteiger partial charge in [0.2, 0.25) is 0 Å². The summed E-state index contributed by atoms with van der Waals surface area (Å²) in [7, 11) is 0. The molecule has 0 unspecified atom stereocenters. The van der Waals surface area contributed by atoms with Crippen LogP contribution < -0.4 is 14.8 Å². The number of hydrogen-bond acceptors (Lipinski definition) is 5. The van der Waals surface area contributed by atoms with Crippen LogP contribution in [0, 0.1) is 18.6 Å². The standard InChI is InChI=1S/C19H14F2N2O3S/c1-10-17(11-2-4-13(20)14(21)8-11)22-19(27-10)23-18(24)12-3-5-15-16(9-12)26-7-6-25-15/h2-5,8-9H,6-7H2,1H3,(H,22,23,24). The maximum Gasteiger partial charge on any atom is 0.257 e. The molecule has 0 aliphatic carbocycles. The first-order valence-electron chi connectivity index (χ1n) is 8.15. The molecule has 27 heavy (non-hydrogen) atoms. The first-order chi connectivity index (χ1) is 13.0. The van der Waals surface area contributed by atoms with Crippen molar-refractivity contribution in [2.45, 2.75) is 6.92 Å². The van der Waals surface area contributed by atoms with Gasteiger partial charge in [-0.3, -0.25) is 10.1 Å². The number of rotatable bonds is 3. The number of nitrogens with zero attached hydrogens (tertiary/aromatic N) is 1. The number of nitrogens with one attached hydrogen (secondary N) is 1. The highest BCUT2D eigenvalue weighted by atomic mass is 32.1. The molecule has 1 amide bonds. The molecule has 1 aliphatic rings. The van der Waals surface area contributed by atoms with Crippen molar-refractivity contribution in [1.82, 2.24) is 4.98 Å². The summed E-state index contributed by atoms with van der Waals surface area (Å²) >= 11 is 1.26. The first-order valence-corrected chi connectivity index (χ1v) is 8.97. The fourth-order valence-electron chi connectivity index (χ4n) is 2.72. The number of halogens is 2. The van der Waals surface area contributed by atoms with Crippen molar-refractivity contribution in [3.63, 3.8) is 0 Å². The highest BCUT2D eigenvalue weighted by molar-refractivity contribution is 7.16. The molecule has 2 heterocycles. The molecule has 8 heteroatoms. The molecule has 1 aliphatic heterocycles. The number of fused-ring (bicyclic) bond motifs is 1. The molecule has 2 aromatic carbocycles. The number of amides is 1. The minimum atomic E-state index is -0.943. The number of anilines is 1. The Morgan fingerprint density at radius 1 is 1.07 bits per heavy atom. The number of benzene rings is 2. The highest BCUT2D eigenvalue weighted by Crippen LogP contribution is 2.33. The quantitative estimate of drug-likeness (QED) is 0.722. The van der Waals surface area contributed by atoms with Crippen LogP contribution >= 0.6 is 11.3 Å². The van der Waals surface area contributed by atoms with Crippen LogP contribution in [0.1, 0.15) is 15.2 Å². The van der Waals surface area contributed by atoms with Gasteiger partial charge in [0.25, 0.3) is 5.91 Å². The maximum atomic E-state index is 13.5. The van der Waals surface area contributed by atoms with Gasteiger partial charge in [0.1, 0.15) is 13.2 Å². The molecule has 1 aromatic heterocycles. The van der Waals surface area contributed by atoms with Gasteiger partial charge in [0, 0.05) is 16.0 Å². The average Bonchev–Trinajstić information content (AvgIpc) is 3.03. The van der Waals surface area contributed by atoms with Crippen molar-refractivity contribution in [2.75, 3.05) is 18.5 Å². The SMILES string of the molecule is Cc1sc(NC(=O)c2ccc3c(c2)OCCO3)nc1-c1ccc(F)c(F)c1. The van der Waals surface area contributed by atoms with Crippen molar-refractivity contribution in [1.29, 1.82) is 0 Å². The van der Waals surface area contributed by atoms with Gasteiger partial charge < -0.3 is 9.47 Å². The summed E-state index contributed by atoms with van der Waals surface area (Å²) in [5.41, 5.74) is 1.35. The Morgan fingerprint density at radius 3 is 2.63 bits per heavy atom. The van der Waals surface area contributed by atoms with Gasteiger partial charge in [-0.1, -0.05) is 0 Å². The second-order valence-corrected chi connectivity index (χ2v) is 7.07. The summed E-state index contributed by atoms with van der Waals surface area (Å²) in [6.45, 7) is 2.71. The van der Waals surface area contributed by atoms with E-state index in [0.717, 1.165) is 17.0 Å². The van der Waals surface area contributed by atoms with Gasteiger partial charge in [0.05, 0.1) is 5.69 Å². The van der Waals surface area contributed by atoms with E-state index in [1.54, 1.807) is 25.1 Å². The predicted molar refractivity (Wildman–Crippen MR) is 97.6 cm³/mol. The number of thiazole rings is 1. The Balaban J connectivity index is 1.56. The van der Waals surface area contributed by atoms with E-state index in [1.807, 2.05) is 0 Å². The minimum absolute atomic E-state index is 0.349. The van der Waals surface area contributed by atoms with Crippen LogP contribution in [0.4, 0.5) is 13.9 Å². The maximum absolute atomic E-state index is 13.5. The topological polar surface area (TPSA) is 60.5 Å². The molecule has 1 N–H and O–H groups in total. The number of carbonyl (C=O) groups excluding carboxylic acids is 1.